The van der Waals surface area contributed by atoms with E-state index in [1.165, 1.54) is 30.3 Å². The molecule has 0 aliphatic carbocycles. The molecular weight excluding hydrogens is 362 g/mol. The highest BCUT2D eigenvalue weighted by molar-refractivity contribution is 9.11. The van der Waals surface area contributed by atoms with Gasteiger partial charge >= 0.3 is 0 Å². The van der Waals surface area contributed by atoms with Crippen molar-refractivity contribution in [3.63, 3.8) is 0 Å². The van der Waals surface area contributed by atoms with Crippen LogP contribution in [0.1, 0.15) is 23.1 Å². The molecule has 0 bridgehead atoms. The Morgan fingerprint density at radius 2 is 2.05 bits per heavy atom. The van der Waals surface area contributed by atoms with Crippen LogP contribution in [0.3, 0.4) is 0 Å². The third kappa shape index (κ3) is 3.45. The predicted molar refractivity (Wildman–Crippen MR) is 98.3 cm³/mol. The zero-order valence-corrected chi connectivity index (χ0v) is 15.4. The summed E-state index contributed by atoms with van der Waals surface area (Å²) in [6, 6.07) is 11.1. The zero-order chi connectivity index (χ0) is 14.8. The van der Waals surface area contributed by atoms with Gasteiger partial charge in [0.1, 0.15) is 0 Å². The average Bonchev–Trinajstić information content (AvgIpc) is 2.76. The molecule has 0 fully saturated rings. The van der Waals surface area contributed by atoms with E-state index in [9.17, 15) is 0 Å². The van der Waals surface area contributed by atoms with Gasteiger partial charge in [0.2, 0.25) is 0 Å². The zero-order valence-electron chi connectivity index (χ0n) is 12.2. The maximum absolute atomic E-state index is 3.65. The fourth-order valence-corrected chi connectivity index (χ4v) is 5.74. The van der Waals surface area contributed by atoms with E-state index >= 15 is 0 Å². The summed E-state index contributed by atoms with van der Waals surface area (Å²) in [6.45, 7) is 1.08. The van der Waals surface area contributed by atoms with Crippen molar-refractivity contribution < 1.29 is 0 Å². The Hall–Kier alpha value is -0.550. The SMILES string of the molecule is CN(C)CC/C=C1/c2ccccc2CSc2sc(Br)cc21. The molecule has 0 atom stereocenters. The fourth-order valence-electron chi connectivity index (χ4n) is 2.52. The minimum atomic E-state index is 1.06. The van der Waals surface area contributed by atoms with Crippen LogP contribution in [0.15, 0.2) is 44.4 Å². The minimum absolute atomic E-state index is 1.06. The monoisotopic (exact) mass is 379 g/mol. The Morgan fingerprint density at radius 1 is 1.24 bits per heavy atom. The van der Waals surface area contributed by atoms with Crippen molar-refractivity contribution in [2.24, 2.45) is 0 Å². The van der Waals surface area contributed by atoms with Crippen molar-refractivity contribution in [1.29, 1.82) is 0 Å². The third-order valence-electron chi connectivity index (χ3n) is 3.55. The molecule has 1 aromatic heterocycles. The summed E-state index contributed by atoms with van der Waals surface area (Å²) in [7, 11) is 4.25. The lowest BCUT2D eigenvalue weighted by Crippen LogP contribution is -2.12. The number of halogens is 1. The molecule has 110 valence electrons. The van der Waals surface area contributed by atoms with Crippen LogP contribution in [0, 0.1) is 0 Å². The van der Waals surface area contributed by atoms with Crippen LogP contribution < -0.4 is 0 Å². The lowest BCUT2D eigenvalue weighted by molar-refractivity contribution is 0.417. The standard InChI is InChI=1S/C17H18BrNS2/c1-19(2)9-5-8-14-13-7-4-3-6-12(13)11-20-17-15(14)10-16(18)21-17/h3-4,6-8,10H,5,9,11H2,1-2H3/b14-8-. The van der Waals surface area contributed by atoms with E-state index < -0.39 is 0 Å². The van der Waals surface area contributed by atoms with E-state index in [0.29, 0.717) is 0 Å². The topological polar surface area (TPSA) is 3.24 Å². The molecule has 21 heavy (non-hydrogen) atoms. The molecule has 4 heteroatoms. The summed E-state index contributed by atoms with van der Waals surface area (Å²) in [5.41, 5.74) is 5.63. The molecule has 2 aromatic rings. The number of fused-ring (bicyclic) bond motifs is 2. The minimum Gasteiger partial charge on any atom is -0.309 e. The smallest absolute Gasteiger partial charge is 0.0716 e. The molecule has 1 nitrogen and oxygen atoms in total. The van der Waals surface area contributed by atoms with Crippen molar-refractivity contribution in [3.05, 3.63) is 56.9 Å². The number of thioether (sulfide) groups is 1. The molecule has 1 aliphatic rings. The van der Waals surface area contributed by atoms with Crippen molar-refractivity contribution in [2.45, 2.75) is 16.4 Å². The van der Waals surface area contributed by atoms with Gasteiger partial charge in [-0.3, -0.25) is 0 Å². The van der Waals surface area contributed by atoms with E-state index in [-0.39, 0.29) is 0 Å². The summed E-state index contributed by atoms with van der Waals surface area (Å²) in [6.07, 6.45) is 3.48. The van der Waals surface area contributed by atoms with Gasteiger partial charge in [0.05, 0.1) is 8.00 Å². The van der Waals surface area contributed by atoms with E-state index in [1.807, 2.05) is 23.1 Å². The van der Waals surface area contributed by atoms with Crippen LogP contribution in [-0.2, 0) is 5.75 Å². The van der Waals surface area contributed by atoms with E-state index in [1.54, 1.807) is 0 Å². The number of thiophene rings is 1. The molecule has 0 saturated carbocycles. The van der Waals surface area contributed by atoms with Crippen LogP contribution in [0.25, 0.3) is 5.57 Å². The van der Waals surface area contributed by atoms with Crippen molar-refractivity contribution in [1.82, 2.24) is 4.90 Å². The maximum Gasteiger partial charge on any atom is 0.0716 e. The second-order valence-corrected chi connectivity index (χ2v) is 9.08. The van der Waals surface area contributed by atoms with Gasteiger partial charge in [-0.2, -0.15) is 0 Å². The third-order valence-corrected chi connectivity index (χ3v) is 6.52. The van der Waals surface area contributed by atoms with E-state index in [2.05, 4.69) is 71.3 Å². The van der Waals surface area contributed by atoms with Gasteiger partial charge in [0.25, 0.3) is 0 Å². The molecule has 3 rings (SSSR count). The molecule has 0 radical (unpaired) electrons. The molecule has 0 saturated heterocycles. The van der Waals surface area contributed by atoms with Crippen LogP contribution in [0.4, 0.5) is 0 Å². The maximum atomic E-state index is 3.65. The summed E-state index contributed by atoms with van der Waals surface area (Å²) in [5, 5.41) is 0. The second-order valence-electron chi connectivity index (χ2n) is 5.41. The van der Waals surface area contributed by atoms with E-state index in [0.717, 1.165) is 18.7 Å². The van der Waals surface area contributed by atoms with Crippen molar-refractivity contribution >= 4 is 44.6 Å². The molecule has 1 aliphatic heterocycles. The van der Waals surface area contributed by atoms with Gasteiger partial charge in [0.15, 0.2) is 0 Å². The first kappa shape index (κ1) is 15.3. The molecule has 0 amide bonds. The Bertz CT molecular complexity index is 673. The average molecular weight is 380 g/mol. The fraction of sp³-hybridized carbons (Fsp3) is 0.294. The van der Waals surface area contributed by atoms with Gasteiger partial charge in [-0.05, 0) is 59.2 Å². The predicted octanol–water partition coefficient (Wildman–Crippen LogP) is 5.50. The Morgan fingerprint density at radius 3 is 2.86 bits per heavy atom. The van der Waals surface area contributed by atoms with E-state index in [4.69, 9.17) is 0 Å². The van der Waals surface area contributed by atoms with Gasteiger partial charge in [0, 0.05) is 17.9 Å². The molecule has 0 spiro atoms. The highest BCUT2D eigenvalue weighted by Crippen LogP contribution is 2.45. The van der Waals surface area contributed by atoms with Crippen LogP contribution in [0.2, 0.25) is 0 Å². The first-order valence-electron chi connectivity index (χ1n) is 7.01. The van der Waals surface area contributed by atoms with Gasteiger partial charge in [-0.15, -0.1) is 23.1 Å². The van der Waals surface area contributed by atoms with Crippen LogP contribution in [0.5, 0.6) is 0 Å². The lowest BCUT2D eigenvalue weighted by atomic mass is 9.95. The first-order chi connectivity index (χ1) is 10.1. The van der Waals surface area contributed by atoms with Gasteiger partial charge < -0.3 is 4.90 Å². The molecule has 0 unspecified atom stereocenters. The normalized spacial score (nSPS) is 15.9. The highest BCUT2D eigenvalue weighted by atomic mass is 79.9. The van der Waals surface area contributed by atoms with Crippen molar-refractivity contribution in [3.8, 4) is 0 Å². The lowest BCUT2D eigenvalue weighted by Gasteiger charge is -2.11. The quantitative estimate of drug-likeness (QED) is 0.692. The van der Waals surface area contributed by atoms with Crippen LogP contribution in [-0.4, -0.2) is 25.5 Å². The Labute approximate surface area is 143 Å². The number of nitrogens with zero attached hydrogens (tertiary/aromatic N) is 1. The summed E-state index contributed by atoms with van der Waals surface area (Å²) >= 11 is 7.45. The summed E-state index contributed by atoms with van der Waals surface area (Å²) in [4.78, 5) is 2.23. The molecule has 1 aromatic carbocycles. The van der Waals surface area contributed by atoms with Crippen LogP contribution >= 0.6 is 39.0 Å². The first-order valence-corrected chi connectivity index (χ1v) is 9.60. The van der Waals surface area contributed by atoms with Crippen molar-refractivity contribution in [2.75, 3.05) is 20.6 Å². The Balaban J connectivity index is 2.06. The molecule has 2 heterocycles. The second kappa shape index (κ2) is 6.69. The largest absolute Gasteiger partial charge is 0.309 e. The summed E-state index contributed by atoms with van der Waals surface area (Å²) in [5.74, 6) is 1.06. The number of benzene rings is 1. The highest BCUT2D eigenvalue weighted by Gasteiger charge is 2.20. The summed E-state index contributed by atoms with van der Waals surface area (Å²) < 4.78 is 2.65. The molecular formula is C17H18BrNS2. The number of rotatable bonds is 3. The number of hydrogen-bond donors (Lipinski definition) is 0. The van der Waals surface area contributed by atoms with Gasteiger partial charge in [-0.1, -0.05) is 30.3 Å². The Kier molecular flexibility index (Phi) is 4.89. The number of hydrogen-bond acceptors (Lipinski definition) is 3. The molecule has 0 N–H and O–H groups in total. The van der Waals surface area contributed by atoms with Gasteiger partial charge in [-0.25, -0.2) is 0 Å².